The topological polar surface area (TPSA) is 65.5 Å². The second-order valence-corrected chi connectivity index (χ2v) is 8.61. The van der Waals surface area contributed by atoms with Gasteiger partial charge in [-0.3, -0.25) is 9.59 Å². The maximum absolute atomic E-state index is 12.8. The zero-order valence-corrected chi connectivity index (χ0v) is 17.5. The number of carbonyl (C=O) groups is 2. The molecule has 6 nitrogen and oxygen atoms in total. The largest absolute Gasteiger partial charge is 0.349 e. The first-order valence-electron chi connectivity index (χ1n) is 9.46. The molecule has 4 rings (SSSR count). The fourth-order valence-electron chi connectivity index (χ4n) is 3.37. The van der Waals surface area contributed by atoms with Crippen molar-refractivity contribution in [2.45, 2.75) is 26.7 Å². The summed E-state index contributed by atoms with van der Waals surface area (Å²) in [4.78, 5) is 35.1. The highest BCUT2D eigenvalue weighted by Crippen LogP contribution is 2.35. The quantitative estimate of drug-likeness (QED) is 0.641. The number of rotatable bonds is 6. The molecule has 1 N–H and O–H groups in total. The van der Waals surface area contributed by atoms with Gasteiger partial charge in [0.2, 0.25) is 5.91 Å². The van der Waals surface area contributed by atoms with Crippen molar-refractivity contribution in [1.29, 1.82) is 0 Å². The molecule has 0 bridgehead atoms. The lowest BCUT2D eigenvalue weighted by molar-refractivity contribution is -0.117. The van der Waals surface area contributed by atoms with E-state index in [1.807, 2.05) is 30.3 Å². The van der Waals surface area contributed by atoms with Crippen LogP contribution in [0.4, 0.5) is 16.5 Å². The van der Waals surface area contributed by atoms with Crippen LogP contribution in [0.25, 0.3) is 9.53 Å². The Labute approximate surface area is 171 Å². The summed E-state index contributed by atoms with van der Waals surface area (Å²) in [6, 6.07) is 9.37. The summed E-state index contributed by atoms with van der Waals surface area (Å²) in [6.07, 6.45) is 1.41. The zero-order chi connectivity index (χ0) is 19.7. The molecule has 1 aliphatic heterocycles. The Morgan fingerprint density at radius 1 is 1.25 bits per heavy atom. The molecular weight excluding hydrogens is 392 g/mol. The highest BCUT2D eigenvalue weighted by atomic mass is 32.1. The molecule has 0 unspecified atom stereocenters. The highest BCUT2D eigenvalue weighted by Gasteiger charge is 2.24. The van der Waals surface area contributed by atoms with Crippen LogP contribution in [-0.4, -0.2) is 36.4 Å². The van der Waals surface area contributed by atoms with E-state index in [0.717, 1.165) is 39.9 Å². The normalized spacial score (nSPS) is 14.1. The molecule has 3 aromatic rings. The van der Waals surface area contributed by atoms with E-state index < -0.39 is 0 Å². The Hall–Kier alpha value is -2.45. The predicted molar refractivity (Wildman–Crippen MR) is 117 cm³/mol. The van der Waals surface area contributed by atoms with Gasteiger partial charge in [-0.25, -0.2) is 4.98 Å². The van der Waals surface area contributed by atoms with E-state index in [1.54, 1.807) is 16.2 Å². The van der Waals surface area contributed by atoms with Crippen molar-refractivity contribution in [2.24, 2.45) is 0 Å². The monoisotopic (exact) mass is 414 g/mol. The third-order valence-electron chi connectivity index (χ3n) is 4.85. The van der Waals surface area contributed by atoms with Crippen molar-refractivity contribution in [3.63, 3.8) is 0 Å². The van der Waals surface area contributed by atoms with Gasteiger partial charge in [0, 0.05) is 26.1 Å². The molecule has 0 spiro atoms. The molecule has 1 aromatic carbocycles. The van der Waals surface area contributed by atoms with E-state index in [2.05, 4.69) is 29.0 Å². The Morgan fingerprint density at radius 2 is 2.04 bits per heavy atom. The Morgan fingerprint density at radius 3 is 2.71 bits per heavy atom. The van der Waals surface area contributed by atoms with Crippen LogP contribution < -0.4 is 15.1 Å². The number of aromatic nitrogens is 1. The van der Waals surface area contributed by atoms with Gasteiger partial charge in [0.1, 0.15) is 4.83 Å². The summed E-state index contributed by atoms with van der Waals surface area (Å²) in [7, 11) is 0. The lowest BCUT2D eigenvalue weighted by atomic mass is 10.2. The summed E-state index contributed by atoms with van der Waals surface area (Å²) in [6.45, 7) is 6.74. The summed E-state index contributed by atoms with van der Waals surface area (Å²) in [5.74, 6) is -0.0647. The van der Waals surface area contributed by atoms with E-state index in [0.29, 0.717) is 23.5 Å². The summed E-state index contributed by atoms with van der Waals surface area (Å²) < 4.78 is 1.03. The number of hydrogen-bond acceptors (Lipinski definition) is 6. The molecule has 0 atom stereocenters. The third kappa shape index (κ3) is 3.49. The molecule has 1 aliphatic rings. The molecule has 1 saturated heterocycles. The SMILES string of the molecule is CCN(CC)c1nc2sc(C(=O)Nc3ccccc3N3CCCC3=O)cc2s1. The molecule has 3 heterocycles. The number of benzene rings is 1. The minimum absolute atomic E-state index is 0.103. The van der Waals surface area contributed by atoms with E-state index >= 15 is 0 Å². The molecule has 0 radical (unpaired) electrons. The van der Waals surface area contributed by atoms with Gasteiger partial charge < -0.3 is 15.1 Å². The number of nitrogens with zero attached hydrogens (tertiary/aromatic N) is 3. The van der Waals surface area contributed by atoms with Crippen LogP contribution in [0.1, 0.15) is 36.4 Å². The number of hydrogen-bond donors (Lipinski definition) is 1. The molecular formula is C20H22N4O2S2. The van der Waals surface area contributed by atoms with Crippen LogP contribution in [0.2, 0.25) is 0 Å². The van der Waals surface area contributed by atoms with E-state index in [-0.39, 0.29) is 11.8 Å². The van der Waals surface area contributed by atoms with Gasteiger partial charge in [-0.05, 0) is 38.5 Å². The van der Waals surface area contributed by atoms with E-state index in [1.165, 1.54) is 11.3 Å². The van der Waals surface area contributed by atoms with Crippen LogP contribution in [0.3, 0.4) is 0 Å². The minimum Gasteiger partial charge on any atom is -0.349 e. The first-order chi connectivity index (χ1) is 13.6. The smallest absolute Gasteiger partial charge is 0.265 e. The van der Waals surface area contributed by atoms with Gasteiger partial charge in [0.25, 0.3) is 5.91 Å². The first kappa shape index (κ1) is 18.9. The summed E-state index contributed by atoms with van der Waals surface area (Å²) in [5.41, 5.74) is 1.43. The number of thiophene rings is 1. The molecule has 1 fully saturated rings. The second-order valence-electron chi connectivity index (χ2n) is 6.57. The maximum Gasteiger partial charge on any atom is 0.265 e. The Balaban J connectivity index is 1.56. The molecule has 2 amide bonds. The van der Waals surface area contributed by atoms with Crippen molar-refractivity contribution < 1.29 is 9.59 Å². The predicted octanol–water partition coefficient (Wildman–Crippen LogP) is 4.58. The minimum atomic E-state index is -0.168. The maximum atomic E-state index is 12.8. The van der Waals surface area contributed by atoms with Crippen LogP contribution >= 0.6 is 22.7 Å². The summed E-state index contributed by atoms with van der Waals surface area (Å²) in [5, 5.41) is 3.98. The lowest BCUT2D eigenvalue weighted by Gasteiger charge is -2.19. The van der Waals surface area contributed by atoms with Crippen LogP contribution in [0.5, 0.6) is 0 Å². The van der Waals surface area contributed by atoms with E-state index in [4.69, 9.17) is 0 Å². The lowest BCUT2D eigenvalue weighted by Crippen LogP contribution is -2.25. The van der Waals surface area contributed by atoms with Gasteiger partial charge >= 0.3 is 0 Å². The van der Waals surface area contributed by atoms with Crippen LogP contribution in [-0.2, 0) is 4.79 Å². The fourth-order valence-corrected chi connectivity index (χ4v) is 5.60. The molecule has 0 aliphatic carbocycles. The van der Waals surface area contributed by atoms with Gasteiger partial charge in [-0.2, -0.15) is 0 Å². The van der Waals surface area contributed by atoms with Gasteiger partial charge in [-0.1, -0.05) is 23.5 Å². The van der Waals surface area contributed by atoms with Gasteiger partial charge in [-0.15, -0.1) is 11.3 Å². The number of carbonyl (C=O) groups excluding carboxylic acids is 2. The third-order valence-corrected chi connectivity index (χ3v) is 7.07. The number of nitrogens with one attached hydrogen (secondary N) is 1. The molecule has 28 heavy (non-hydrogen) atoms. The summed E-state index contributed by atoms with van der Waals surface area (Å²) >= 11 is 3.02. The number of amides is 2. The standard InChI is InChI=1S/C20H22N4O2S2/c1-3-23(4-2)20-22-19-16(28-20)12-15(27-19)18(26)21-13-8-5-6-9-14(13)24-11-7-10-17(24)25/h5-6,8-9,12H,3-4,7,10-11H2,1-2H3,(H,21,26). The number of anilines is 3. The molecule has 0 saturated carbocycles. The van der Waals surface area contributed by atoms with Crippen LogP contribution in [0.15, 0.2) is 30.3 Å². The molecule has 8 heteroatoms. The molecule has 146 valence electrons. The van der Waals surface area contributed by atoms with Gasteiger partial charge in [0.05, 0.1) is 21.0 Å². The van der Waals surface area contributed by atoms with Crippen molar-refractivity contribution in [3.05, 3.63) is 35.2 Å². The van der Waals surface area contributed by atoms with E-state index in [9.17, 15) is 9.59 Å². The van der Waals surface area contributed by atoms with Crippen molar-refractivity contribution in [3.8, 4) is 0 Å². The number of para-hydroxylation sites is 2. The van der Waals surface area contributed by atoms with Crippen molar-refractivity contribution >= 4 is 60.5 Å². The molecule has 2 aromatic heterocycles. The first-order valence-corrected chi connectivity index (χ1v) is 11.1. The highest BCUT2D eigenvalue weighted by molar-refractivity contribution is 7.29. The second kappa shape index (κ2) is 7.89. The Bertz CT molecular complexity index is 991. The fraction of sp³-hybridized carbons (Fsp3) is 0.350. The average Bonchev–Trinajstić information content (AvgIpc) is 3.38. The number of fused-ring (bicyclic) bond motifs is 1. The number of thiazole rings is 1. The van der Waals surface area contributed by atoms with Crippen LogP contribution in [0, 0.1) is 0 Å². The van der Waals surface area contributed by atoms with Gasteiger partial charge in [0.15, 0.2) is 5.13 Å². The van der Waals surface area contributed by atoms with Crippen molar-refractivity contribution in [1.82, 2.24) is 4.98 Å². The Kier molecular flexibility index (Phi) is 5.32. The zero-order valence-electron chi connectivity index (χ0n) is 15.9. The van der Waals surface area contributed by atoms with Crippen molar-refractivity contribution in [2.75, 3.05) is 34.8 Å². The average molecular weight is 415 g/mol.